The largest absolute Gasteiger partial charge is 0.512 e. The summed E-state index contributed by atoms with van der Waals surface area (Å²) in [4.78, 5) is 16.1. The van der Waals surface area contributed by atoms with Crippen molar-refractivity contribution in [1.29, 1.82) is 0 Å². The van der Waals surface area contributed by atoms with Gasteiger partial charge in [-0.3, -0.25) is 4.79 Å². The van der Waals surface area contributed by atoms with Crippen LogP contribution in [-0.2, 0) is 24.9 Å². The van der Waals surface area contributed by atoms with E-state index in [1.807, 2.05) is 27.7 Å². The summed E-state index contributed by atoms with van der Waals surface area (Å²) in [5, 5.41) is 14.0. The fourth-order valence-corrected chi connectivity index (χ4v) is 6.36. The van der Waals surface area contributed by atoms with Crippen LogP contribution in [0.25, 0.3) is 44.0 Å². The van der Waals surface area contributed by atoms with Crippen molar-refractivity contribution in [2.24, 2.45) is 11.8 Å². The predicted octanol–water partition coefficient (Wildman–Crippen LogP) is 12.1. The van der Waals surface area contributed by atoms with Gasteiger partial charge in [-0.15, -0.1) is 17.7 Å². The van der Waals surface area contributed by atoms with E-state index in [0.29, 0.717) is 17.8 Å². The SMILES string of the molecule is CC(C)C(=O)/C=C(\O)C(C)C.Cc1ccc2c(c1)oc1c(-c3ncc(C(C)C)c4cc(C5CCCC5)ccc34)[c-]c(C(C)C)cc12.[Ir]. The van der Waals surface area contributed by atoms with Crippen LogP contribution in [0.1, 0.15) is 121 Å². The molecule has 0 aliphatic heterocycles. The third-order valence-corrected chi connectivity index (χ3v) is 9.38. The van der Waals surface area contributed by atoms with E-state index in [4.69, 9.17) is 9.40 Å². The van der Waals surface area contributed by atoms with E-state index in [2.05, 4.69) is 89.3 Å². The molecule has 3 aromatic carbocycles. The number of rotatable bonds is 7. The van der Waals surface area contributed by atoms with Gasteiger partial charge in [0, 0.05) is 49.6 Å². The summed E-state index contributed by atoms with van der Waals surface area (Å²) in [5.41, 5.74) is 8.98. The van der Waals surface area contributed by atoms with E-state index < -0.39 is 0 Å². The summed E-state index contributed by atoms with van der Waals surface area (Å²) in [6, 6.07) is 19.6. The van der Waals surface area contributed by atoms with Crippen LogP contribution < -0.4 is 0 Å². The molecule has 1 aliphatic rings. The van der Waals surface area contributed by atoms with Crippen molar-refractivity contribution in [3.05, 3.63) is 88.8 Å². The molecule has 1 saturated carbocycles. The molecular formula is C42H50IrNO3-. The number of benzene rings is 3. The van der Waals surface area contributed by atoms with Crippen molar-refractivity contribution in [3.8, 4) is 11.3 Å². The first-order valence-electron chi connectivity index (χ1n) is 17.1. The zero-order valence-corrected chi connectivity index (χ0v) is 31.9. The third kappa shape index (κ3) is 7.90. The van der Waals surface area contributed by atoms with E-state index in [-0.39, 0.29) is 43.5 Å². The van der Waals surface area contributed by atoms with Crippen molar-refractivity contribution in [2.75, 3.05) is 0 Å². The second kappa shape index (κ2) is 15.3. The van der Waals surface area contributed by atoms with Crippen LogP contribution in [0.5, 0.6) is 0 Å². The maximum atomic E-state index is 11.0. The molecule has 0 amide bonds. The van der Waals surface area contributed by atoms with Crippen molar-refractivity contribution in [1.82, 2.24) is 4.98 Å². The number of hydrogen-bond acceptors (Lipinski definition) is 4. The van der Waals surface area contributed by atoms with Crippen molar-refractivity contribution in [3.63, 3.8) is 0 Å². The average molecular weight is 809 g/mol. The molecule has 1 radical (unpaired) electrons. The second-order valence-electron chi connectivity index (χ2n) is 14.4. The van der Waals surface area contributed by atoms with Gasteiger partial charge in [0.05, 0.1) is 11.3 Å². The Morgan fingerprint density at radius 3 is 2.17 bits per heavy atom. The number of hydrogen-bond donors (Lipinski definition) is 1. The molecule has 2 aromatic heterocycles. The number of pyridine rings is 1. The van der Waals surface area contributed by atoms with Gasteiger partial charge in [0.25, 0.3) is 0 Å². The van der Waals surface area contributed by atoms with Gasteiger partial charge in [-0.25, -0.2) is 0 Å². The van der Waals surface area contributed by atoms with Crippen LogP contribution in [0.2, 0.25) is 0 Å². The third-order valence-electron chi connectivity index (χ3n) is 9.38. The Balaban J connectivity index is 0.000000361. The first-order chi connectivity index (χ1) is 21.8. The smallest absolute Gasteiger partial charge is 0.161 e. The zero-order chi connectivity index (χ0) is 33.3. The number of aliphatic hydroxyl groups excluding tert-OH is 1. The summed E-state index contributed by atoms with van der Waals surface area (Å²) >= 11 is 0. The Bertz CT molecular complexity index is 1900. The number of carbonyl (C=O) groups excluding carboxylic acids is 1. The van der Waals surface area contributed by atoms with Crippen molar-refractivity contribution in [2.45, 2.75) is 106 Å². The van der Waals surface area contributed by atoms with Crippen LogP contribution in [0.3, 0.4) is 0 Å². The Morgan fingerprint density at radius 1 is 0.872 bits per heavy atom. The number of ketones is 1. The standard InChI is InChI=1S/C33H34NO.C9H16O2.Ir/c1-19(2)24-16-28-25-12-10-21(5)14-31(25)35-33(28)29(17-24)32-26-13-11-23(22-8-6-7-9-22)15-27(26)30(18-34-32)20(3)4;1-6(2)8(10)5-9(11)7(3)4;/h10-16,18-20,22H,6-9H2,1-5H3;5-7,10H,1-4H3;/q-1;;/b;8-5-;. The molecule has 0 atom stereocenters. The molecule has 0 spiro atoms. The average Bonchev–Trinajstić information content (AvgIpc) is 3.68. The van der Waals surface area contributed by atoms with Crippen LogP contribution >= 0.6 is 0 Å². The normalized spacial score (nSPS) is 14.1. The maximum absolute atomic E-state index is 11.0. The van der Waals surface area contributed by atoms with Gasteiger partial charge in [-0.05, 0) is 76.7 Å². The van der Waals surface area contributed by atoms with Crippen LogP contribution in [0.4, 0.5) is 0 Å². The van der Waals surface area contributed by atoms with Gasteiger partial charge in [0.15, 0.2) is 5.78 Å². The summed E-state index contributed by atoms with van der Waals surface area (Å²) < 4.78 is 6.51. The summed E-state index contributed by atoms with van der Waals surface area (Å²) in [5.74, 6) is 1.63. The molecule has 5 aromatic rings. The fraction of sp³-hybridized carbons (Fsp3) is 0.429. The van der Waals surface area contributed by atoms with Crippen LogP contribution in [0, 0.1) is 24.8 Å². The fourth-order valence-electron chi connectivity index (χ4n) is 6.36. The topological polar surface area (TPSA) is 63.3 Å². The minimum absolute atomic E-state index is 0. The molecule has 1 N–H and O–H groups in total. The minimum atomic E-state index is -0.0316. The molecule has 47 heavy (non-hydrogen) atoms. The number of carbonyl (C=O) groups is 1. The van der Waals surface area contributed by atoms with Crippen molar-refractivity contribution < 1.29 is 34.4 Å². The zero-order valence-electron chi connectivity index (χ0n) is 29.5. The predicted molar refractivity (Wildman–Crippen MR) is 193 cm³/mol. The van der Waals surface area contributed by atoms with Gasteiger partial charge in [0.1, 0.15) is 5.58 Å². The summed E-state index contributed by atoms with van der Waals surface area (Å²) in [6.07, 6.45) is 8.72. The number of fused-ring (bicyclic) bond motifs is 4. The first kappa shape index (κ1) is 36.6. The quantitative estimate of drug-likeness (QED) is 0.101. The molecular weight excluding hydrogens is 759 g/mol. The second-order valence-corrected chi connectivity index (χ2v) is 14.4. The molecule has 1 aliphatic carbocycles. The van der Waals surface area contributed by atoms with Gasteiger partial charge in [-0.1, -0.05) is 110 Å². The van der Waals surface area contributed by atoms with Crippen molar-refractivity contribution >= 4 is 38.5 Å². The molecule has 4 nitrogen and oxygen atoms in total. The van der Waals surface area contributed by atoms with Crippen LogP contribution in [-0.4, -0.2) is 15.9 Å². The van der Waals surface area contributed by atoms with E-state index in [9.17, 15) is 9.90 Å². The van der Waals surface area contributed by atoms with Gasteiger partial charge in [-0.2, -0.15) is 0 Å². The molecule has 2 heterocycles. The Kier molecular flexibility index (Phi) is 11.9. The minimum Gasteiger partial charge on any atom is -0.512 e. The first-order valence-corrected chi connectivity index (χ1v) is 17.1. The number of allylic oxidation sites excluding steroid dienone is 2. The molecule has 1 fully saturated rings. The Morgan fingerprint density at radius 2 is 1.55 bits per heavy atom. The van der Waals surface area contributed by atoms with E-state index >= 15 is 0 Å². The Hall–Kier alpha value is -3.27. The van der Waals surface area contributed by atoms with Crippen LogP contribution in [0.15, 0.2) is 64.9 Å². The number of nitrogens with zero attached hydrogens (tertiary/aromatic N) is 1. The molecule has 5 heteroatoms. The molecule has 251 valence electrons. The number of aromatic nitrogens is 1. The van der Waals surface area contributed by atoms with Gasteiger partial charge in [0.2, 0.25) is 0 Å². The number of aliphatic hydroxyl groups is 1. The van der Waals surface area contributed by atoms with E-state index in [1.54, 1.807) is 0 Å². The summed E-state index contributed by atoms with van der Waals surface area (Å²) in [7, 11) is 0. The monoisotopic (exact) mass is 809 g/mol. The number of aryl methyl sites for hydroxylation is 1. The van der Waals surface area contributed by atoms with E-state index in [0.717, 1.165) is 33.2 Å². The Labute approximate surface area is 294 Å². The van der Waals surface area contributed by atoms with Gasteiger partial charge >= 0.3 is 0 Å². The molecule has 6 rings (SSSR count). The van der Waals surface area contributed by atoms with Gasteiger partial charge < -0.3 is 14.5 Å². The molecule has 0 unspecified atom stereocenters. The molecule has 0 saturated heterocycles. The number of furan rings is 1. The molecule has 0 bridgehead atoms. The summed E-state index contributed by atoms with van der Waals surface area (Å²) in [6.45, 7) is 18.4. The maximum Gasteiger partial charge on any atom is 0.161 e. The van der Waals surface area contributed by atoms with E-state index in [1.165, 1.54) is 64.8 Å².